The van der Waals surface area contributed by atoms with Crippen molar-refractivity contribution in [1.82, 2.24) is 15.4 Å². The summed E-state index contributed by atoms with van der Waals surface area (Å²) in [5.74, 6) is 11.0. The van der Waals surface area contributed by atoms with Crippen LogP contribution >= 0.6 is 23.1 Å². The topological polar surface area (TPSA) is 146 Å². The molecular weight excluding hydrogens is 310 g/mol. The van der Waals surface area contributed by atoms with Crippen molar-refractivity contribution in [2.45, 2.75) is 5.16 Å². The van der Waals surface area contributed by atoms with Crippen molar-refractivity contribution in [3.8, 4) is 16.6 Å². The third kappa shape index (κ3) is 3.40. The summed E-state index contributed by atoms with van der Waals surface area (Å²) < 4.78 is 0. The lowest BCUT2D eigenvalue weighted by Crippen LogP contribution is -2.33. The van der Waals surface area contributed by atoms with Crippen LogP contribution in [0.4, 0.5) is 0 Å². The van der Waals surface area contributed by atoms with E-state index < -0.39 is 5.56 Å². The Morgan fingerprint density at radius 1 is 1.67 bits per heavy atom. The molecule has 8 nitrogen and oxygen atoms in total. The van der Waals surface area contributed by atoms with Crippen LogP contribution in [0.3, 0.4) is 0 Å². The van der Waals surface area contributed by atoms with E-state index in [0.717, 1.165) is 4.88 Å². The first-order valence-electron chi connectivity index (χ1n) is 5.64. The number of aromatic amines is 1. The summed E-state index contributed by atoms with van der Waals surface area (Å²) in [7, 11) is 0. The molecule has 0 spiro atoms. The Hall–Kier alpha value is -2.35. The SMILES string of the molecule is N#Cc1c(-c2cccs2)nc(SC/C(=N/N)NN)[nH]c1=O. The number of rotatable bonds is 4. The number of nitrogens with two attached hydrogens (primary N) is 2. The third-order valence-corrected chi connectivity index (χ3v) is 4.19. The summed E-state index contributed by atoms with van der Waals surface area (Å²) in [4.78, 5) is 19.6. The van der Waals surface area contributed by atoms with Gasteiger partial charge in [-0.15, -0.1) is 11.3 Å². The van der Waals surface area contributed by atoms with Gasteiger partial charge in [0.15, 0.2) is 5.16 Å². The van der Waals surface area contributed by atoms with E-state index in [1.165, 1.54) is 23.1 Å². The fourth-order valence-corrected chi connectivity index (χ4v) is 2.94. The highest BCUT2D eigenvalue weighted by molar-refractivity contribution is 7.99. The Morgan fingerprint density at radius 2 is 2.48 bits per heavy atom. The first-order valence-corrected chi connectivity index (χ1v) is 7.50. The van der Waals surface area contributed by atoms with Crippen LogP contribution in [0.15, 0.2) is 32.6 Å². The highest BCUT2D eigenvalue weighted by Gasteiger charge is 2.14. The summed E-state index contributed by atoms with van der Waals surface area (Å²) in [6, 6.07) is 5.51. The molecule has 6 N–H and O–H groups in total. The van der Waals surface area contributed by atoms with E-state index in [1.54, 1.807) is 6.07 Å². The van der Waals surface area contributed by atoms with E-state index in [4.69, 9.17) is 16.9 Å². The number of hydrogen-bond acceptors (Lipinski definition) is 8. The Labute approximate surface area is 127 Å². The number of amidine groups is 1. The van der Waals surface area contributed by atoms with Gasteiger partial charge in [0.1, 0.15) is 23.2 Å². The Kier molecular flexibility index (Phi) is 4.94. The number of thioether (sulfide) groups is 1. The molecule has 0 unspecified atom stereocenters. The smallest absolute Gasteiger partial charge is 0.270 e. The maximum atomic E-state index is 11.9. The van der Waals surface area contributed by atoms with Gasteiger partial charge in [-0.05, 0) is 11.4 Å². The number of nitrogens with one attached hydrogen (secondary N) is 2. The molecule has 21 heavy (non-hydrogen) atoms. The van der Waals surface area contributed by atoms with Crippen molar-refractivity contribution in [2.24, 2.45) is 16.8 Å². The number of H-pyrrole nitrogens is 1. The van der Waals surface area contributed by atoms with Gasteiger partial charge in [-0.3, -0.25) is 4.79 Å². The summed E-state index contributed by atoms with van der Waals surface area (Å²) in [5, 5.41) is 14.8. The van der Waals surface area contributed by atoms with Crippen molar-refractivity contribution in [1.29, 1.82) is 5.26 Å². The van der Waals surface area contributed by atoms with Crippen LogP contribution in [0.5, 0.6) is 0 Å². The average Bonchev–Trinajstić information content (AvgIpc) is 3.02. The van der Waals surface area contributed by atoms with E-state index in [9.17, 15) is 4.79 Å². The van der Waals surface area contributed by atoms with Gasteiger partial charge in [0.2, 0.25) is 0 Å². The van der Waals surface area contributed by atoms with Gasteiger partial charge in [0.25, 0.3) is 5.56 Å². The Balaban J connectivity index is 2.38. The number of aromatic nitrogens is 2. The van der Waals surface area contributed by atoms with Crippen LogP contribution in [0.25, 0.3) is 10.6 Å². The molecule has 2 aromatic heterocycles. The monoisotopic (exact) mass is 321 g/mol. The van der Waals surface area contributed by atoms with Gasteiger partial charge in [0.05, 0.1) is 10.6 Å². The molecular formula is C11H11N7OS2. The lowest BCUT2D eigenvalue weighted by atomic mass is 10.2. The second kappa shape index (κ2) is 6.89. The van der Waals surface area contributed by atoms with Gasteiger partial charge in [-0.25, -0.2) is 10.8 Å². The predicted octanol–water partition coefficient (Wildman–Crippen LogP) is 0.198. The summed E-state index contributed by atoms with van der Waals surface area (Å²) in [6.07, 6.45) is 0. The summed E-state index contributed by atoms with van der Waals surface area (Å²) in [6.45, 7) is 0. The van der Waals surface area contributed by atoms with Crippen LogP contribution in [-0.2, 0) is 0 Å². The first kappa shape index (κ1) is 15.0. The zero-order chi connectivity index (χ0) is 15.2. The summed E-state index contributed by atoms with van der Waals surface area (Å²) in [5.41, 5.74) is 2.21. The van der Waals surface area contributed by atoms with Crippen molar-refractivity contribution in [3.05, 3.63) is 33.4 Å². The molecule has 0 aliphatic carbocycles. The predicted molar refractivity (Wildman–Crippen MR) is 82.6 cm³/mol. The minimum absolute atomic E-state index is 0.00790. The number of hydrazine groups is 1. The molecule has 2 rings (SSSR count). The third-order valence-electron chi connectivity index (χ3n) is 2.43. The van der Waals surface area contributed by atoms with E-state index >= 15 is 0 Å². The number of nitriles is 1. The molecule has 0 saturated heterocycles. The average molecular weight is 321 g/mol. The maximum Gasteiger partial charge on any atom is 0.270 e. The van der Waals surface area contributed by atoms with Crippen LogP contribution < -0.4 is 22.7 Å². The van der Waals surface area contributed by atoms with Crippen molar-refractivity contribution < 1.29 is 0 Å². The molecule has 0 bridgehead atoms. The van der Waals surface area contributed by atoms with Crippen molar-refractivity contribution >= 4 is 28.9 Å². The maximum absolute atomic E-state index is 11.9. The second-order valence-electron chi connectivity index (χ2n) is 3.69. The molecule has 10 heteroatoms. The van der Waals surface area contributed by atoms with Gasteiger partial charge in [-0.2, -0.15) is 10.4 Å². The molecule has 0 aliphatic rings. The van der Waals surface area contributed by atoms with Crippen molar-refractivity contribution in [3.63, 3.8) is 0 Å². The second-order valence-corrected chi connectivity index (χ2v) is 5.60. The molecule has 0 aromatic carbocycles. The quantitative estimate of drug-likeness (QED) is 0.157. The molecule has 108 valence electrons. The van der Waals surface area contributed by atoms with E-state index in [0.29, 0.717) is 22.4 Å². The normalized spacial score (nSPS) is 11.1. The highest BCUT2D eigenvalue weighted by Crippen LogP contribution is 2.25. The fraction of sp³-hybridized carbons (Fsp3) is 0.0909. The van der Waals surface area contributed by atoms with Gasteiger partial charge >= 0.3 is 0 Å². The highest BCUT2D eigenvalue weighted by atomic mass is 32.2. The molecule has 0 radical (unpaired) electrons. The van der Waals surface area contributed by atoms with Crippen LogP contribution in [-0.4, -0.2) is 21.6 Å². The standard InChI is InChI=1S/C11H11N7OS2/c12-4-6-9(7-2-1-3-20-7)15-11(16-10(6)19)21-5-8(17-13)18-14/h1-3H,5,13-14H2,(H,17,18)(H,15,16,19). The molecule has 0 fully saturated rings. The Morgan fingerprint density at radius 3 is 3.05 bits per heavy atom. The lowest BCUT2D eigenvalue weighted by molar-refractivity contribution is 0.936. The number of nitrogens with zero attached hydrogens (tertiary/aromatic N) is 3. The Bertz CT molecular complexity index is 745. The van der Waals surface area contributed by atoms with Gasteiger partial charge in [0, 0.05) is 0 Å². The number of thiophene rings is 1. The zero-order valence-corrected chi connectivity index (χ0v) is 12.3. The largest absolute Gasteiger partial charge is 0.322 e. The van der Waals surface area contributed by atoms with Crippen LogP contribution in [0, 0.1) is 11.3 Å². The van der Waals surface area contributed by atoms with Crippen molar-refractivity contribution in [2.75, 3.05) is 5.75 Å². The summed E-state index contributed by atoms with van der Waals surface area (Å²) >= 11 is 2.60. The molecule has 0 atom stereocenters. The molecule has 2 aromatic rings. The molecule has 0 aliphatic heterocycles. The molecule has 0 amide bonds. The van der Waals surface area contributed by atoms with Crippen LogP contribution in [0.1, 0.15) is 5.56 Å². The van der Waals surface area contributed by atoms with Gasteiger partial charge < -0.3 is 16.3 Å². The van der Waals surface area contributed by atoms with E-state index in [-0.39, 0.29) is 5.56 Å². The lowest BCUT2D eigenvalue weighted by Gasteiger charge is -2.05. The van der Waals surface area contributed by atoms with E-state index in [1.807, 2.05) is 17.5 Å². The zero-order valence-electron chi connectivity index (χ0n) is 10.7. The minimum Gasteiger partial charge on any atom is -0.322 e. The molecule has 2 heterocycles. The van der Waals surface area contributed by atoms with E-state index in [2.05, 4.69) is 20.5 Å². The molecule has 0 saturated carbocycles. The number of hydrogen-bond donors (Lipinski definition) is 4. The number of hydrazone groups is 1. The first-order chi connectivity index (χ1) is 10.2. The fourth-order valence-electron chi connectivity index (χ4n) is 1.47. The minimum atomic E-state index is -0.481. The van der Waals surface area contributed by atoms with Crippen LogP contribution in [0.2, 0.25) is 0 Å². The van der Waals surface area contributed by atoms with Gasteiger partial charge in [-0.1, -0.05) is 17.8 Å².